The lowest BCUT2D eigenvalue weighted by Gasteiger charge is -2.36. The van der Waals surface area contributed by atoms with Gasteiger partial charge in [-0.2, -0.15) is 0 Å². The minimum Gasteiger partial charge on any atom is -0.372 e. The van der Waals surface area contributed by atoms with Gasteiger partial charge in [0.1, 0.15) is 5.82 Å². The number of nitrogens with zero attached hydrogens (tertiary/aromatic N) is 2. The van der Waals surface area contributed by atoms with Gasteiger partial charge < -0.3 is 20.3 Å². The fourth-order valence-electron chi connectivity index (χ4n) is 3.48. The van der Waals surface area contributed by atoms with Gasteiger partial charge in [0.2, 0.25) is 5.91 Å². The normalized spacial score (nSPS) is 18.9. The van der Waals surface area contributed by atoms with Crippen molar-refractivity contribution in [3.63, 3.8) is 0 Å². The molecule has 0 spiro atoms. The van der Waals surface area contributed by atoms with Gasteiger partial charge in [-0.1, -0.05) is 25.1 Å². The van der Waals surface area contributed by atoms with Crippen molar-refractivity contribution >= 4 is 23.3 Å². The second-order valence-electron chi connectivity index (χ2n) is 7.31. The van der Waals surface area contributed by atoms with Crippen LogP contribution in [0.3, 0.4) is 0 Å². The summed E-state index contributed by atoms with van der Waals surface area (Å²) in [5.74, 6) is 0.226. The van der Waals surface area contributed by atoms with Crippen LogP contribution in [0.4, 0.5) is 11.5 Å². The van der Waals surface area contributed by atoms with Crippen LogP contribution in [0.25, 0.3) is 0 Å². The van der Waals surface area contributed by atoms with Crippen LogP contribution in [-0.4, -0.2) is 48.6 Å². The Morgan fingerprint density at radius 3 is 2.52 bits per heavy atom. The van der Waals surface area contributed by atoms with E-state index >= 15 is 0 Å². The van der Waals surface area contributed by atoms with Crippen molar-refractivity contribution in [1.82, 2.24) is 10.3 Å². The zero-order valence-corrected chi connectivity index (χ0v) is 17.1. The highest BCUT2D eigenvalue weighted by Gasteiger charge is 2.23. The number of anilines is 2. The molecule has 0 saturated carbocycles. The average Bonchev–Trinajstić information content (AvgIpc) is 2.72. The molecule has 154 valence electrons. The number of carbonyl (C=O) groups excluding carboxylic acids is 2. The minimum atomic E-state index is -0.327. The summed E-state index contributed by atoms with van der Waals surface area (Å²) in [4.78, 5) is 31.1. The molecule has 2 aromatic rings. The van der Waals surface area contributed by atoms with E-state index in [2.05, 4.69) is 20.5 Å². The van der Waals surface area contributed by atoms with Crippen LogP contribution in [0.5, 0.6) is 0 Å². The number of ether oxygens (including phenoxy) is 1. The summed E-state index contributed by atoms with van der Waals surface area (Å²) >= 11 is 0. The molecule has 3 rings (SSSR count). The summed E-state index contributed by atoms with van der Waals surface area (Å²) in [7, 11) is 0. The van der Waals surface area contributed by atoms with E-state index in [0.717, 1.165) is 36.6 Å². The maximum Gasteiger partial charge on any atom is 0.253 e. The molecule has 0 bridgehead atoms. The van der Waals surface area contributed by atoms with Crippen LogP contribution in [0, 0.1) is 0 Å². The van der Waals surface area contributed by atoms with Gasteiger partial charge in [0.25, 0.3) is 5.91 Å². The number of aryl methyl sites for hydroxylation is 1. The van der Waals surface area contributed by atoms with Gasteiger partial charge >= 0.3 is 0 Å². The molecule has 0 radical (unpaired) electrons. The molecule has 2 N–H and O–H groups in total. The van der Waals surface area contributed by atoms with E-state index in [1.165, 1.54) is 0 Å². The molecule has 1 aliphatic rings. The molecule has 7 heteroatoms. The highest BCUT2D eigenvalue weighted by molar-refractivity contribution is 5.99. The van der Waals surface area contributed by atoms with Gasteiger partial charge in [0, 0.05) is 25.0 Å². The van der Waals surface area contributed by atoms with Crippen LogP contribution in [0.2, 0.25) is 0 Å². The van der Waals surface area contributed by atoms with Crippen molar-refractivity contribution in [3.8, 4) is 0 Å². The number of nitrogens with one attached hydrogen (secondary N) is 2. The van der Waals surface area contributed by atoms with Gasteiger partial charge in [-0.3, -0.25) is 9.59 Å². The van der Waals surface area contributed by atoms with Gasteiger partial charge in [-0.15, -0.1) is 0 Å². The first-order chi connectivity index (χ1) is 14.0. The predicted molar refractivity (Wildman–Crippen MR) is 113 cm³/mol. The maximum atomic E-state index is 12.4. The van der Waals surface area contributed by atoms with Crippen molar-refractivity contribution in [2.45, 2.75) is 39.4 Å². The van der Waals surface area contributed by atoms with Crippen molar-refractivity contribution in [2.75, 3.05) is 29.9 Å². The number of benzene rings is 1. The molecular weight excluding hydrogens is 368 g/mol. The quantitative estimate of drug-likeness (QED) is 0.784. The van der Waals surface area contributed by atoms with Crippen molar-refractivity contribution in [2.24, 2.45) is 0 Å². The van der Waals surface area contributed by atoms with E-state index in [9.17, 15) is 9.59 Å². The number of hydrogen-bond acceptors (Lipinski definition) is 5. The van der Waals surface area contributed by atoms with E-state index in [4.69, 9.17) is 4.74 Å². The molecule has 2 unspecified atom stereocenters. The van der Waals surface area contributed by atoms with Crippen molar-refractivity contribution in [3.05, 3.63) is 53.7 Å². The number of hydrogen-bond donors (Lipinski definition) is 2. The van der Waals surface area contributed by atoms with Gasteiger partial charge in [-0.05, 0) is 44.0 Å². The molecule has 2 atom stereocenters. The first-order valence-corrected chi connectivity index (χ1v) is 9.98. The Morgan fingerprint density at radius 2 is 1.86 bits per heavy atom. The molecule has 29 heavy (non-hydrogen) atoms. The van der Waals surface area contributed by atoms with E-state index < -0.39 is 0 Å². The third-order valence-corrected chi connectivity index (χ3v) is 4.84. The lowest BCUT2D eigenvalue weighted by Crippen LogP contribution is -2.45. The largest absolute Gasteiger partial charge is 0.372 e. The summed E-state index contributed by atoms with van der Waals surface area (Å²) in [5, 5.41) is 5.49. The van der Waals surface area contributed by atoms with Crippen molar-refractivity contribution < 1.29 is 14.3 Å². The van der Waals surface area contributed by atoms with Crippen molar-refractivity contribution in [1.29, 1.82) is 0 Å². The Balaban J connectivity index is 1.53. The summed E-state index contributed by atoms with van der Waals surface area (Å²) < 4.78 is 5.74. The minimum absolute atomic E-state index is 0.100. The smallest absolute Gasteiger partial charge is 0.253 e. The van der Waals surface area contributed by atoms with E-state index in [-0.39, 0.29) is 30.6 Å². The maximum absolute atomic E-state index is 12.4. The standard InChI is InChI=1S/C22H28N4O3/c1-4-17-7-5-6-8-19(17)25-21(27)12-24-22(28)18-9-10-20(23-11-18)26-13-15(2)29-16(3)14-26/h5-11,15-16H,4,12-14H2,1-3H3,(H,24,28)(H,25,27). The number of carbonyl (C=O) groups is 2. The number of aromatic nitrogens is 1. The molecule has 7 nitrogen and oxygen atoms in total. The third kappa shape index (κ3) is 5.54. The SMILES string of the molecule is CCc1ccccc1NC(=O)CNC(=O)c1ccc(N2CC(C)OC(C)C2)nc1. The molecule has 2 heterocycles. The van der Waals surface area contributed by atoms with Crippen LogP contribution in [0.15, 0.2) is 42.6 Å². The number of para-hydroxylation sites is 1. The molecule has 1 saturated heterocycles. The highest BCUT2D eigenvalue weighted by Crippen LogP contribution is 2.18. The second-order valence-corrected chi connectivity index (χ2v) is 7.31. The van der Waals surface area contributed by atoms with Gasteiger partial charge in [0.15, 0.2) is 0 Å². The zero-order valence-electron chi connectivity index (χ0n) is 17.1. The van der Waals surface area contributed by atoms with E-state index in [1.54, 1.807) is 12.3 Å². The fraction of sp³-hybridized carbons (Fsp3) is 0.409. The number of morpholine rings is 1. The lowest BCUT2D eigenvalue weighted by atomic mass is 10.1. The summed E-state index contributed by atoms with van der Waals surface area (Å²) in [6.07, 6.45) is 2.64. The molecule has 0 aliphatic carbocycles. The Kier molecular flexibility index (Phi) is 6.82. The first-order valence-electron chi connectivity index (χ1n) is 9.98. The molecular formula is C22H28N4O3. The predicted octanol–water partition coefficient (Wildman–Crippen LogP) is 2.63. The molecule has 2 amide bonds. The van der Waals surface area contributed by atoms with Crippen LogP contribution >= 0.6 is 0 Å². The number of pyridine rings is 1. The Hall–Kier alpha value is -2.93. The topological polar surface area (TPSA) is 83.6 Å². The molecule has 1 aromatic carbocycles. The first kappa shape index (κ1) is 20.8. The number of rotatable bonds is 6. The third-order valence-electron chi connectivity index (χ3n) is 4.84. The summed E-state index contributed by atoms with van der Waals surface area (Å²) in [6.45, 7) is 7.53. The van der Waals surface area contributed by atoms with Crippen LogP contribution in [0.1, 0.15) is 36.7 Å². The Morgan fingerprint density at radius 1 is 1.14 bits per heavy atom. The Bertz CT molecular complexity index is 843. The number of amides is 2. The summed E-state index contributed by atoms with van der Waals surface area (Å²) in [5.41, 5.74) is 2.25. The Labute approximate surface area is 171 Å². The summed E-state index contributed by atoms with van der Waals surface area (Å²) in [6, 6.07) is 11.2. The lowest BCUT2D eigenvalue weighted by molar-refractivity contribution is -0.115. The fourth-order valence-corrected chi connectivity index (χ4v) is 3.48. The van der Waals surface area contributed by atoms with Crippen LogP contribution in [-0.2, 0) is 16.0 Å². The molecule has 1 aromatic heterocycles. The van der Waals surface area contributed by atoms with Gasteiger partial charge in [-0.25, -0.2) is 4.98 Å². The second kappa shape index (κ2) is 9.52. The monoisotopic (exact) mass is 396 g/mol. The van der Waals surface area contributed by atoms with Crippen LogP contribution < -0.4 is 15.5 Å². The molecule has 1 fully saturated rings. The van der Waals surface area contributed by atoms with E-state index in [0.29, 0.717) is 5.56 Å². The van der Waals surface area contributed by atoms with E-state index in [1.807, 2.05) is 51.1 Å². The van der Waals surface area contributed by atoms with Gasteiger partial charge in [0.05, 0.1) is 24.3 Å². The highest BCUT2D eigenvalue weighted by atomic mass is 16.5. The average molecular weight is 396 g/mol. The zero-order chi connectivity index (χ0) is 20.8. The molecule has 1 aliphatic heterocycles.